The van der Waals surface area contributed by atoms with Crippen molar-refractivity contribution in [3.05, 3.63) is 35.9 Å². The lowest BCUT2D eigenvalue weighted by molar-refractivity contribution is -0.148. The van der Waals surface area contributed by atoms with E-state index in [1.54, 1.807) is 45.2 Å². The summed E-state index contributed by atoms with van der Waals surface area (Å²) in [6, 6.07) is 6.13. The zero-order valence-electron chi connectivity index (χ0n) is 24.3. The molecule has 0 saturated carbocycles. The van der Waals surface area contributed by atoms with Gasteiger partial charge in [-0.3, -0.25) is 19.3 Å². The summed E-state index contributed by atoms with van der Waals surface area (Å²) >= 11 is 0. The third-order valence-corrected chi connectivity index (χ3v) is 6.95. The number of likely N-dealkylation sites (N-methyl/N-ethyl adjacent to an activating group) is 2. The van der Waals surface area contributed by atoms with Crippen molar-refractivity contribution < 1.29 is 38.9 Å². The van der Waals surface area contributed by atoms with Crippen LogP contribution in [0, 0.1) is 11.8 Å². The van der Waals surface area contributed by atoms with Crippen LogP contribution in [0.25, 0.3) is 0 Å². The van der Waals surface area contributed by atoms with Crippen molar-refractivity contribution in [3.63, 3.8) is 0 Å². The smallest absolute Gasteiger partial charge is 0.410 e. The number of rotatable bonds is 15. The molecule has 0 radical (unpaired) electrons. The first kappa shape index (κ1) is 33.8. The summed E-state index contributed by atoms with van der Waals surface area (Å²) in [4.78, 5) is 53.6. The Hall–Kier alpha value is -3.18. The molecular weight excluding hydrogens is 506 g/mol. The fourth-order valence-electron chi connectivity index (χ4n) is 4.53. The van der Waals surface area contributed by atoms with Gasteiger partial charge in [-0.25, -0.2) is 4.79 Å². The number of aliphatic hydroxyl groups is 1. The molecule has 3 N–H and O–H groups in total. The fraction of sp³-hybridized carbons (Fsp3) is 0.643. The highest BCUT2D eigenvalue weighted by Crippen LogP contribution is 2.23. The van der Waals surface area contributed by atoms with Gasteiger partial charge in [0, 0.05) is 21.2 Å². The number of benzene rings is 1. The SMILES string of the molecule is CC[C@H](C)[C@@H]([C@@H](CC(=O)O)OC)N(C)C(=O)[C@@H](NC(=O)[C@H](C(C)O)N(C)C(=O)OCc1ccccc1)C(C)C. The first-order chi connectivity index (χ1) is 18.3. The molecular formula is C28H45N3O8. The molecule has 0 saturated heterocycles. The molecule has 39 heavy (non-hydrogen) atoms. The summed E-state index contributed by atoms with van der Waals surface area (Å²) in [5, 5.41) is 22.5. The van der Waals surface area contributed by atoms with Crippen LogP contribution in [0.15, 0.2) is 30.3 Å². The zero-order valence-corrected chi connectivity index (χ0v) is 24.3. The number of hydrogen-bond acceptors (Lipinski definition) is 7. The largest absolute Gasteiger partial charge is 0.481 e. The second-order valence-corrected chi connectivity index (χ2v) is 10.3. The minimum atomic E-state index is -1.32. The highest BCUT2D eigenvalue weighted by Gasteiger charge is 2.40. The average Bonchev–Trinajstić information content (AvgIpc) is 2.89. The molecule has 0 aromatic heterocycles. The van der Waals surface area contributed by atoms with Crippen molar-refractivity contribution in [1.29, 1.82) is 0 Å². The van der Waals surface area contributed by atoms with E-state index in [4.69, 9.17) is 9.47 Å². The summed E-state index contributed by atoms with van der Waals surface area (Å²) in [6.45, 7) is 8.72. The number of amides is 3. The van der Waals surface area contributed by atoms with E-state index in [1.165, 1.54) is 26.0 Å². The lowest BCUT2D eigenvalue weighted by Gasteiger charge is -2.40. The molecule has 6 atom stereocenters. The number of nitrogens with zero attached hydrogens (tertiary/aromatic N) is 2. The van der Waals surface area contributed by atoms with Gasteiger partial charge < -0.3 is 29.9 Å². The highest BCUT2D eigenvalue weighted by atomic mass is 16.6. The summed E-state index contributed by atoms with van der Waals surface area (Å²) in [5.41, 5.74) is 0.763. The predicted octanol–water partition coefficient (Wildman–Crippen LogP) is 2.51. The summed E-state index contributed by atoms with van der Waals surface area (Å²) < 4.78 is 10.8. The molecule has 1 aromatic rings. The van der Waals surface area contributed by atoms with Gasteiger partial charge in [0.15, 0.2) is 0 Å². The van der Waals surface area contributed by atoms with Crippen LogP contribution >= 0.6 is 0 Å². The summed E-state index contributed by atoms with van der Waals surface area (Å²) in [7, 11) is 4.31. The van der Waals surface area contributed by atoms with Gasteiger partial charge >= 0.3 is 12.1 Å². The zero-order chi connectivity index (χ0) is 29.9. The minimum absolute atomic E-state index is 0.00985. The van der Waals surface area contributed by atoms with Crippen LogP contribution in [-0.4, -0.2) is 95.4 Å². The number of aliphatic carboxylic acids is 1. The van der Waals surface area contributed by atoms with Crippen molar-refractivity contribution in [2.75, 3.05) is 21.2 Å². The molecule has 0 spiro atoms. The van der Waals surface area contributed by atoms with E-state index >= 15 is 0 Å². The first-order valence-corrected chi connectivity index (χ1v) is 13.2. The van der Waals surface area contributed by atoms with Gasteiger partial charge in [0.05, 0.1) is 24.7 Å². The van der Waals surface area contributed by atoms with Gasteiger partial charge in [-0.1, -0.05) is 64.4 Å². The van der Waals surface area contributed by atoms with Crippen molar-refractivity contribution >= 4 is 23.9 Å². The Labute approximate surface area is 231 Å². The molecule has 11 heteroatoms. The predicted molar refractivity (Wildman–Crippen MR) is 146 cm³/mol. The number of carbonyl (C=O) groups is 4. The monoisotopic (exact) mass is 551 g/mol. The maximum absolute atomic E-state index is 13.7. The van der Waals surface area contributed by atoms with E-state index in [0.717, 1.165) is 10.5 Å². The Kier molecular flexibility index (Phi) is 13.9. The van der Waals surface area contributed by atoms with Crippen LogP contribution in [-0.2, 0) is 30.5 Å². The molecule has 1 aromatic carbocycles. The molecule has 1 rings (SSSR count). The van der Waals surface area contributed by atoms with E-state index < -0.39 is 54.2 Å². The van der Waals surface area contributed by atoms with Crippen molar-refractivity contribution in [3.8, 4) is 0 Å². The highest BCUT2D eigenvalue weighted by molar-refractivity contribution is 5.92. The van der Waals surface area contributed by atoms with E-state index in [0.29, 0.717) is 6.42 Å². The standard InChI is InChI=1S/C28H45N3O8/c1-9-18(4)24(21(38-8)15-22(33)34)30(6)27(36)23(17(2)3)29-26(35)25(19(5)32)31(7)28(37)39-16-20-13-11-10-12-14-20/h10-14,17-19,21,23-25,32H,9,15-16H2,1-8H3,(H,29,35)(H,33,34)/t18-,19?,21+,23-,24-,25-/m0/s1. The lowest BCUT2D eigenvalue weighted by atomic mass is 9.90. The Morgan fingerprint density at radius 2 is 1.59 bits per heavy atom. The number of methoxy groups -OCH3 is 1. The Balaban J connectivity index is 3.12. The topological polar surface area (TPSA) is 146 Å². The number of hydrogen-bond donors (Lipinski definition) is 3. The molecule has 0 aliphatic carbocycles. The third-order valence-electron chi connectivity index (χ3n) is 6.95. The van der Waals surface area contributed by atoms with Crippen molar-refractivity contribution in [1.82, 2.24) is 15.1 Å². The molecule has 3 amide bonds. The van der Waals surface area contributed by atoms with E-state index in [9.17, 15) is 29.4 Å². The van der Waals surface area contributed by atoms with E-state index in [1.807, 2.05) is 19.9 Å². The van der Waals surface area contributed by atoms with Gasteiger partial charge in [0.1, 0.15) is 18.7 Å². The van der Waals surface area contributed by atoms with Crippen LogP contribution in [0.2, 0.25) is 0 Å². The summed E-state index contributed by atoms with van der Waals surface area (Å²) in [5.74, 6) is -2.66. The van der Waals surface area contributed by atoms with Gasteiger partial charge in [0.2, 0.25) is 11.8 Å². The lowest BCUT2D eigenvalue weighted by Crippen LogP contribution is -2.61. The van der Waals surface area contributed by atoms with Crippen LogP contribution in [0.1, 0.15) is 53.0 Å². The second-order valence-electron chi connectivity index (χ2n) is 10.3. The molecule has 11 nitrogen and oxygen atoms in total. The third kappa shape index (κ3) is 9.81. The Bertz CT molecular complexity index is 940. The first-order valence-electron chi connectivity index (χ1n) is 13.2. The molecule has 0 fully saturated rings. The van der Waals surface area contributed by atoms with Crippen LogP contribution in [0.3, 0.4) is 0 Å². The number of aliphatic hydroxyl groups excluding tert-OH is 1. The molecule has 1 unspecified atom stereocenters. The van der Waals surface area contributed by atoms with Crippen molar-refractivity contribution in [2.45, 2.75) is 84.4 Å². The van der Waals surface area contributed by atoms with Gasteiger partial charge in [-0.05, 0) is 24.3 Å². The van der Waals surface area contributed by atoms with Gasteiger partial charge in [-0.2, -0.15) is 0 Å². The number of ether oxygens (including phenoxy) is 2. The average molecular weight is 552 g/mol. The van der Waals surface area contributed by atoms with E-state index in [-0.39, 0.29) is 24.9 Å². The number of carboxylic acid groups (broad SMARTS) is 1. The van der Waals surface area contributed by atoms with Crippen molar-refractivity contribution in [2.24, 2.45) is 11.8 Å². The van der Waals surface area contributed by atoms with Crippen LogP contribution in [0.5, 0.6) is 0 Å². The fourth-order valence-corrected chi connectivity index (χ4v) is 4.53. The van der Waals surface area contributed by atoms with E-state index in [2.05, 4.69) is 5.32 Å². The molecule has 0 aliphatic heterocycles. The minimum Gasteiger partial charge on any atom is -0.481 e. The second kappa shape index (κ2) is 16.0. The summed E-state index contributed by atoms with van der Waals surface area (Å²) in [6.07, 6.45) is -2.45. The molecule has 0 aliphatic rings. The molecule has 220 valence electrons. The van der Waals surface area contributed by atoms with Gasteiger partial charge in [-0.15, -0.1) is 0 Å². The van der Waals surface area contributed by atoms with Crippen LogP contribution in [0.4, 0.5) is 4.79 Å². The van der Waals surface area contributed by atoms with Crippen LogP contribution < -0.4 is 5.32 Å². The number of nitrogens with one attached hydrogen (secondary N) is 1. The Morgan fingerprint density at radius 3 is 2.05 bits per heavy atom. The molecule has 0 bridgehead atoms. The maximum atomic E-state index is 13.7. The maximum Gasteiger partial charge on any atom is 0.410 e. The number of carboxylic acids is 1. The normalized spacial score (nSPS) is 15.8. The number of carbonyl (C=O) groups excluding carboxylic acids is 3. The van der Waals surface area contributed by atoms with Gasteiger partial charge in [0.25, 0.3) is 0 Å². The molecule has 0 heterocycles. The quantitative estimate of drug-likeness (QED) is 0.301. The Morgan fingerprint density at radius 1 is 1.00 bits per heavy atom.